The highest BCUT2D eigenvalue weighted by Crippen LogP contribution is 2.52. The zero-order chi connectivity index (χ0) is 26.2. The van der Waals surface area contributed by atoms with Crippen LogP contribution in [-0.4, -0.2) is 24.7 Å². The van der Waals surface area contributed by atoms with Gasteiger partial charge in [-0.1, -0.05) is 67.4 Å². The van der Waals surface area contributed by atoms with Crippen LogP contribution in [0.4, 0.5) is 5.69 Å². The van der Waals surface area contributed by atoms with Crippen molar-refractivity contribution < 1.29 is 14.3 Å². The summed E-state index contributed by atoms with van der Waals surface area (Å²) in [6.45, 7) is 10.1. The molecule has 1 saturated heterocycles. The molecule has 1 atom stereocenters. The summed E-state index contributed by atoms with van der Waals surface area (Å²) in [6.07, 6.45) is 4.69. The Labute approximate surface area is 224 Å². The van der Waals surface area contributed by atoms with Crippen LogP contribution in [-0.2, 0) is 16.8 Å². The molecule has 2 aliphatic heterocycles. The molecular formula is C31H33ClN2O3. The minimum Gasteiger partial charge on any atom is -0.490 e. The average molecular weight is 517 g/mol. The molecule has 0 bridgehead atoms. The third-order valence-corrected chi connectivity index (χ3v) is 7.73. The normalized spacial score (nSPS) is 19.9. The van der Waals surface area contributed by atoms with Crippen molar-refractivity contribution in [1.82, 2.24) is 5.32 Å². The molecule has 37 heavy (non-hydrogen) atoms. The van der Waals surface area contributed by atoms with Crippen molar-refractivity contribution in [3.05, 3.63) is 94.0 Å². The summed E-state index contributed by atoms with van der Waals surface area (Å²) >= 11 is 6.00. The van der Waals surface area contributed by atoms with Crippen LogP contribution in [0.5, 0.6) is 11.5 Å². The van der Waals surface area contributed by atoms with Gasteiger partial charge in [0.25, 0.3) is 0 Å². The minimum atomic E-state index is -0.659. The van der Waals surface area contributed by atoms with Crippen molar-refractivity contribution in [1.29, 1.82) is 0 Å². The Morgan fingerprint density at radius 1 is 1.03 bits per heavy atom. The molecule has 1 amide bonds. The van der Waals surface area contributed by atoms with Gasteiger partial charge in [-0.3, -0.25) is 4.79 Å². The molecule has 0 spiro atoms. The van der Waals surface area contributed by atoms with Crippen LogP contribution in [0.25, 0.3) is 6.08 Å². The fraction of sp³-hybridized carbons (Fsp3) is 0.323. The third-order valence-electron chi connectivity index (χ3n) is 7.48. The van der Waals surface area contributed by atoms with E-state index in [2.05, 4.69) is 61.3 Å². The Hall–Kier alpha value is -3.44. The Balaban J connectivity index is 1.45. The number of amides is 1. The van der Waals surface area contributed by atoms with E-state index < -0.39 is 5.66 Å². The van der Waals surface area contributed by atoms with Crippen molar-refractivity contribution in [2.75, 3.05) is 18.1 Å². The lowest BCUT2D eigenvalue weighted by Gasteiger charge is -2.49. The highest BCUT2D eigenvalue weighted by atomic mass is 35.5. The first-order valence-corrected chi connectivity index (χ1v) is 13.1. The quantitative estimate of drug-likeness (QED) is 0.382. The van der Waals surface area contributed by atoms with Crippen molar-refractivity contribution in [3.63, 3.8) is 0 Å². The van der Waals surface area contributed by atoms with E-state index in [1.165, 1.54) is 16.8 Å². The number of hydrogen-bond donors (Lipinski definition) is 1. The van der Waals surface area contributed by atoms with Gasteiger partial charge in [0, 0.05) is 29.1 Å². The Bertz CT molecular complexity index is 1350. The van der Waals surface area contributed by atoms with Gasteiger partial charge in [-0.2, -0.15) is 0 Å². The molecule has 1 fully saturated rings. The first-order chi connectivity index (χ1) is 17.7. The molecule has 0 radical (unpaired) electrons. The number of ether oxygens (including phenoxy) is 2. The summed E-state index contributed by atoms with van der Waals surface area (Å²) in [5.41, 5.74) is 4.66. The molecule has 0 saturated carbocycles. The zero-order valence-corrected chi connectivity index (χ0v) is 22.6. The first kappa shape index (κ1) is 25.2. The van der Waals surface area contributed by atoms with E-state index in [-0.39, 0.29) is 11.3 Å². The van der Waals surface area contributed by atoms with E-state index in [4.69, 9.17) is 21.1 Å². The maximum absolute atomic E-state index is 12.7. The largest absolute Gasteiger partial charge is 0.490 e. The van der Waals surface area contributed by atoms with Crippen molar-refractivity contribution >= 4 is 29.3 Å². The van der Waals surface area contributed by atoms with E-state index in [9.17, 15) is 4.79 Å². The summed E-state index contributed by atoms with van der Waals surface area (Å²) in [5.74, 6) is 1.44. The molecule has 5 rings (SSSR count). The number of carbonyl (C=O) groups is 1. The van der Waals surface area contributed by atoms with Crippen LogP contribution >= 0.6 is 11.6 Å². The summed E-state index contributed by atoms with van der Waals surface area (Å²) in [4.78, 5) is 15.0. The van der Waals surface area contributed by atoms with Crippen molar-refractivity contribution in [3.8, 4) is 11.5 Å². The molecule has 0 aromatic heterocycles. The second kappa shape index (κ2) is 9.79. The second-order valence-electron chi connectivity index (χ2n) is 10.2. The number of carbonyl (C=O) groups excluding carboxylic acids is 1. The highest BCUT2D eigenvalue weighted by molar-refractivity contribution is 6.30. The number of fused-ring (bicyclic) bond motifs is 3. The molecule has 1 N–H and O–H groups in total. The van der Waals surface area contributed by atoms with Crippen LogP contribution in [0, 0.1) is 6.92 Å². The molecule has 192 valence electrons. The number of hydrogen-bond acceptors (Lipinski definition) is 4. The van der Waals surface area contributed by atoms with Crippen LogP contribution in [0.1, 0.15) is 49.4 Å². The lowest BCUT2D eigenvalue weighted by atomic mass is 9.74. The highest BCUT2D eigenvalue weighted by Gasteiger charge is 2.57. The van der Waals surface area contributed by atoms with Crippen molar-refractivity contribution in [2.45, 2.75) is 51.8 Å². The van der Waals surface area contributed by atoms with Gasteiger partial charge in [0.2, 0.25) is 5.91 Å². The minimum absolute atomic E-state index is 0.0689. The second-order valence-corrected chi connectivity index (χ2v) is 10.7. The molecule has 3 aromatic rings. The molecule has 1 unspecified atom stereocenters. The fourth-order valence-corrected chi connectivity index (χ4v) is 5.57. The number of rotatable bonds is 7. The van der Waals surface area contributed by atoms with Gasteiger partial charge in [-0.05, 0) is 66.9 Å². The van der Waals surface area contributed by atoms with E-state index >= 15 is 0 Å². The predicted octanol–water partition coefficient (Wildman–Crippen LogP) is 6.65. The van der Waals surface area contributed by atoms with Gasteiger partial charge in [0.05, 0.1) is 6.61 Å². The van der Waals surface area contributed by atoms with Gasteiger partial charge in [-0.15, -0.1) is 0 Å². The number of aryl methyl sites for hydroxylation is 1. The van der Waals surface area contributed by atoms with Gasteiger partial charge < -0.3 is 19.7 Å². The number of nitrogens with one attached hydrogen (secondary N) is 1. The Kier molecular flexibility index (Phi) is 6.67. The fourth-order valence-electron chi connectivity index (χ4n) is 5.44. The molecule has 0 aliphatic carbocycles. The monoisotopic (exact) mass is 516 g/mol. The van der Waals surface area contributed by atoms with Crippen LogP contribution in [0.2, 0.25) is 5.02 Å². The molecule has 2 aliphatic rings. The predicted molar refractivity (Wildman–Crippen MR) is 149 cm³/mol. The van der Waals surface area contributed by atoms with Crippen LogP contribution in [0.3, 0.4) is 0 Å². The van der Waals surface area contributed by atoms with E-state index in [0.717, 1.165) is 11.1 Å². The molecular weight excluding hydrogens is 484 g/mol. The van der Waals surface area contributed by atoms with Crippen molar-refractivity contribution in [2.24, 2.45) is 0 Å². The average Bonchev–Trinajstić information content (AvgIpc) is 3.06. The summed E-state index contributed by atoms with van der Waals surface area (Å²) in [6, 6.07) is 20.1. The maximum atomic E-state index is 12.7. The van der Waals surface area contributed by atoms with E-state index in [1.807, 2.05) is 49.4 Å². The number of benzene rings is 3. The Morgan fingerprint density at radius 3 is 2.57 bits per heavy atom. The summed E-state index contributed by atoms with van der Waals surface area (Å²) < 4.78 is 12.0. The van der Waals surface area contributed by atoms with Crippen LogP contribution in [0.15, 0.2) is 66.7 Å². The Morgan fingerprint density at radius 2 is 1.81 bits per heavy atom. The van der Waals surface area contributed by atoms with Gasteiger partial charge in [-0.25, -0.2) is 0 Å². The number of anilines is 1. The number of halogens is 1. The summed E-state index contributed by atoms with van der Waals surface area (Å²) in [7, 11) is 0. The lowest BCUT2D eigenvalue weighted by Crippen LogP contribution is -2.68. The molecule has 2 heterocycles. The molecule has 6 heteroatoms. The van der Waals surface area contributed by atoms with Gasteiger partial charge in [0.1, 0.15) is 12.3 Å². The first-order valence-electron chi connectivity index (χ1n) is 12.8. The van der Waals surface area contributed by atoms with Gasteiger partial charge in [0.15, 0.2) is 11.5 Å². The molecule has 3 aromatic carbocycles. The smallest absolute Gasteiger partial charge is 0.223 e. The topological polar surface area (TPSA) is 50.8 Å². The van der Waals surface area contributed by atoms with Gasteiger partial charge >= 0.3 is 0 Å². The SMILES string of the molecule is CCOc1cc(C=CC23NC(=O)CCN2c2ccc(C)cc2C3(C)C)ccc1OCc1ccc(Cl)cc1. The summed E-state index contributed by atoms with van der Waals surface area (Å²) in [5, 5.41) is 4.05. The molecule has 5 nitrogen and oxygen atoms in total. The maximum Gasteiger partial charge on any atom is 0.223 e. The lowest BCUT2D eigenvalue weighted by molar-refractivity contribution is -0.124. The standard InChI is InChI=1S/C31H33ClN2O3/c1-5-36-28-19-22(9-13-27(28)37-20-23-7-10-24(32)11-8-23)14-16-31-30(3,4)25-18-21(2)6-12-26(25)34(31)17-15-29(35)33-31/h6-14,16,18-19H,5,15,17,20H2,1-4H3,(H,33,35). The zero-order valence-electron chi connectivity index (χ0n) is 21.8. The van der Waals surface area contributed by atoms with E-state index in [1.54, 1.807) is 0 Å². The number of nitrogens with zero attached hydrogens (tertiary/aromatic N) is 1. The van der Waals surface area contributed by atoms with Crippen LogP contribution < -0.4 is 19.7 Å². The van der Waals surface area contributed by atoms with E-state index in [0.29, 0.717) is 42.7 Å². The third kappa shape index (κ3) is 4.57.